The van der Waals surface area contributed by atoms with E-state index >= 15 is 0 Å². The largest absolute Gasteiger partial charge is 0.369 e. The first-order chi connectivity index (χ1) is 6.20. The maximum atomic E-state index is 5.19. The molecular formula is C9H17N3S. The molecule has 0 aliphatic carbocycles. The molecule has 0 aromatic rings. The van der Waals surface area contributed by atoms with E-state index in [9.17, 15) is 0 Å². The molecule has 4 heteroatoms. The lowest BCUT2D eigenvalue weighted by molar-refractivity contribution is 0.344. The Hall–Kier alpha value is -0.640. The Morgan fingerprint density at radius 3 is 2.46 bits per heavy atom. The van der Waals surface area contributed by atoms with Crippen molar-refractivity contribution < 1.29 is 0 Å². The third-order valence-electron chi connectivity index (χ3n) is 2.03. The van der Waals surface area contributed by atoms with Crippen LogP contribution < -0.4 is 0 Å². The van der Waals surface area contributed by atoms with E-state index in [1.165, 1.54) is 19.3 Å². The van der Waals surface area contributed by atoms with E-state index in [1.807, 2.05) is 19.0 Å². The summed E-state index contributed by atoms with van der Waals surface area (Å²) >= 11 is 5.19. The molecule has 0 atom stereocenters. The molecule has 0 aromatic carbocycles. The zero-order chi connectivity index (χ0) is 9.68. The van der Waals surface area contributed by atoms with E-state index in [1.54, 1.807) is 6.34 Å². The summed E-state index contributed by atoms with van der Waals surface area (Å²) in [7, 11) is 3.89. The summed E-state index contributed by atoms with van der Waals surface area (Å²) < 4.78 is 0. The Balaban J connectivity index is 2.37. The van der Waals surface area contributed by atoms with Crippen LogP contribution in [0.1, 0.15) is 19.3 Å². The standard InChI is InChI=1S/C9H17N3S/c1-11(2)8-10-9(13)12-6-4-3-5-7-12/h8H,3-7H2,1-2H3/b10-8-. The molecule has 1 aliphatic heterocycles. The van der Waals surface area contributed by atoms with Crippen LogP contribution >= 0.6 is 12.2 Å². The number of hydrogen-bond donors (Lipinski definition) is 0. The van der Waals surface area contributed by atoms with E-state index in [0.29, 0.717) is 0 Å². The molecule has 1 aliphatic rings. The minimum absolute atomic E-state index is 0.730. The Labute approximate surface area is 85.4 Å². The highest BCUT2D eigenvalue weighted by atomic mass is 32.1. The lowest BCUT2D eigenvalue weighted by Crippen LogP contribution is -2.33. The van der Waals surface area contributed by atoms with Gasteiger partial charge in [0.1, 0.15) is 0 Å². The van der Waals surface area contributed by atoms with Crippen molar-refractivity contribution in [3.8, 4) is 0 Å². The highest BCUT2D eigenvalue weighted by Gasteiger charge is 2.11. The van der Waals surface area contributed by atoms with Gasteiger partial charge in [-0.05, 0) is 31.5 Å². The van der Waals surface area contributed by atoms with Crippen molar-refractivity contribution in [1.29, 1.82) is 0 Å². The highest BCUT2D eigenvalue weighted by Crippen LogP contribution is 2.09. The van der Waals surface area contributed by atoms with Crippen molar-refractivity contribution in [3.05, 3.63) is 0 Å². The van der Waals surface area contributed by atoms with Gasteiger partial charge in [0, 0.05) is 27.2 Å². The van der Waals surface area contributed by atoms with Crippen LogP contribution in [0.3, 0.4) is 0 Å². The maximum absolute atomic E-state index is 5.19. The molecule has 1 fully saturated rings. The Morgan fingerprint density at radius 2 is 1.92 bits per heavy atom. The van der Waals surface area contributed by atoms with Gasteiger partial charge in [-0.2, -0.15) is 0 Å². The molecule has 1 heterocycles. The summed E-state index contributed by atoms with van der Waals surface area (Å²) in [6.07, 6.45) is 5.59. The van der Waals surface area contributed by atoms with Crippen molar-refractivity contribution in [3.63, 3.8) is 0 Å². The monoisotopic (exact) mass is 199 g/mol. The molecule has 0 N–H and O–H groups in total. The SMILES string of the molecule is CN(C)/C=N\C(=S)N1CCCCC1. The normalized spacial score (nSPS) is 17.8. The van der Waals surface area contributed by atoms with Crippen LogP contribution in [0.4, 0.5) is 0 Å². The number of piperidine rings is 1. The van der Waals surface area contributed by atoms with Gasteiger partial charge in [-0.15, -0.1) is 0 Å². The minimum atomic E-state index is 0.730. The maximum Gasteiger partial charge on any atom is 0.196 e. The van der Waals surface area contributed by atoms with Crippen LogP contribution in [-0.2, 0) is 0 Å². The lowest BCUT2D eigenvalue weighted by atomic mass is 10.1. The quantitative estimate of drug-likeness (QED) is 0.361. The van der Waals surface area contributed by atoms with Gasteiger partial charge in [0.05, 0.1) is 6.34 Å². The second-order valence-corrected chi connectivity index (χ2v) is 3.90. The van der Waals surface area contributed by atoms with E-state index < -0.39 is 0 Å². The third-order valence-corrected chi connectivity index (χ3v) is 2.39. The van der Waals surface area contributed by atoms with Crippen LogP contribution in [-0.4, -0.2) is 48.4 Å². The average molecular weight is 199 g/mol. The van der Waals surface area contributed by atoms with Crippen molar-refractivity contribution in [2.75, 3.05) is 27.2 Å². The summed E-state index contributed by atoms with van der Waals surface area (Å²) in [5.74, 6) is 0. The third kappa shape index (κ3) is 3.72. The fraction of sp³-hybridized carbons (Fsp3) is 0.778. The fourth-order valence-electron chi connectivity index (χ4n) is 1.33. The van der Waals surface area contributed by atoms with Gasteiger partial charge in [0.2, 0.25) is 0 Å². The minimum Gasteiger partial charge on any atom is -0.369 e. The van der Waals surface area contributed by atoms with Gasteiger partial charge in [-0.3, -0.25) is 0 Å². The fourth-order valence-corrected chi connectivity index (χ4v) is 1.56. The van der Waals surface area contributed by atoms with Gasteiger partial charge in [0.15, 0.2) is 5.11 Å². The molecular weight excluding hydrogens is 182 g/mol. The van der Waals surface area contributed by atoms with Crippen molar-refractivity contribution in [1.82, 2.24) is 9.80 Å². The van der Waals surface area contributed by atoms with Gasteiger partial charge < -0.3 is 9.80 Å². The first kappa shape index (κ1) is 10.4. The number of likely N-dealkylation sites (tertiary alicyclic amines) is 1. The van der Waals surface area contributed by atoms with Crippen LogP contribution in [0.25, 0.3) is 0 Å². The van der Waals surface area contributed by atoms with E-state index in [2.05, 4.69) is 9.89 Å². The van der Waals surface area contributed by atoms with Crippen LogP contribution in [0.5, 0.6) is 0 Å². The van der Waals surface area contributed by atoms with E-state index in [0.717, 1.165) is 18.2 Å². The smallest absolute Gasteiger partial charge is 0.196 e. The Morgan fingerprint density at radius 1 is 1.31 bits per heavy atom. The second-order valence-electron chi connectivity index (χ2n) is 3.54. The molecule has 0 spiro atoms. The predicted octanol–water partition coefficient (Wildman–Crippen LogP) is 1.35. The molecule has 0 aromatic heterocycles. The topological polar surface area (TPSA) is 18.8 Å². The van der Waals surface area contributed by atoms with Gasteiger partial charge >= 0.3 is 0 Å². The summed E-state index contributed by atoms with van der Waals surface area (Å²) in [5, 5.41) is 0.730. The molecule has 0 bridgehead atoms. The summed E-state index contributed by atoms with van der Waals surface area (Å²) in [6, 6.07) is 0. The number of rotatable bonds is 1. The van der Waals surface area contributed by atoms with E-state index in [4.69, 9.17) is 12.2 Å². The Kier molecular flexibility index (Phi) is 4.15. The molecule has 13 heavy (non-hydrogen) atoms. The van der Waals surface area contributed by atoms with Crippen LogP contribution in [0.15, 0.2) is 4.99 Å². The van der Waals surface area contributed by atoms with Crippen LogP contribution in [0, 0.1) is 0 Å². The molecule has 0 amide bonds. The second kappa shape index (κ2) is 5.17. The first-order valence-electron chi connectivity index (χ1n) is 4.69. The van der Waals surface area contributed by atoms with Crippen molar-refractivity contribution >= 4 is 23.7 Å². The van der Waals surface area contributed by atoms with Crippen molar-refractivity contribution in [2.24, 2.45) is 4.99 Å². The Bertz CT molecular complexity index is 195. The first-order valence-corrected chi connectivity index (χ1v) is 5.10. The summed E-state index contributed by atoms with van der Waals surface area (Å²) in [4.78, 5) is 8.28. The van der Waals surface area contributed by atoms with Crippen LogP contribution in [0.2, 0.25) is 0 Å². The zero-order valence-electron chi connectivity index (χ0n) is 8.36. The number of hydrogen-bond acceptors (Lipinski definition) is 1. The van der Waals surface area contributed by atoms with E-state index in [-0.39, 0.29) is 0 Å². The number of thiocarbonyl (C=S) groups is 1. The summed E-state index contributed by atoms with van der Waals surface area (Å²) in [6.45, 7) is 2.15. The zero-order valence-corrected chi connectivity index (χ0v) is 9.18. The lowest BCUT2D eigenvalue weighted by Gasteiger charge is -2.26. The highest BCUT2D eigenvalue weighted by molar-refractivity contribution is 7.80. The van der Waals surface area contributed by atoms with Gasteiger partial charge in [-0.25, -0.2) is 4.99 Å². The predicted molar refractivity (Wildman–Crippen MR) is 60.2 cm³/mol. The number of nitrogens with zero attached hydrogens (tertiary/aromatic N) is 3. The molecule has 1 saturated heterocycles. The summed E-state index contributed by atoms with van der Waals surface area (Å²) in [5.41, 5.74) is 0. The van der Waals surface area contributed by atoms with Gasteiger partial charge in [0.25, 0.3) is 0 Å². The molecule has 1 rings (SSSR count). The average Bonchev–Trinajstić information content (AvgIpc) is 2.15. The molecule has 0 radical (unpaired) electrons. The van der Waals surface area contributed by atoms with Gasteiger partial charge in [-0.1, -0.05) is 0 Å². The van der Waals surface area contributed by atoms with Crippen molar-refractivity contribution in [2.45, 2.75) is 19.3 Å². The number of aliphatic imine (C=N–C) groups is 1. The molecule has 3 nitrogen and oxygen atoms in total. The molecule has 74 valence electrons. The molecule has 0 unspecified atom stereocenters. The molecule has 0 saturated carbocycles.